The number of nitrogens with zero attached hydrogens (tertiary/aromatic N) is 2. The van der Waals surface area contributed by atoms with Crippen molar-refractivity contribution in [3.8, 4) is 6.07 Å². The second kappa shape index (κ2) is 6.47. The first-order chi connectivity index (χ1) is 8.55. The van der Waals surface area contributed by atoms with Crippen LogP contribution in [0.25, 0.3) is 0 Å². The molecule has 1 aromatic rings. The van der Waals surface area contributed by atoms with E-state index in [9.17, 15) is 8.42 Å². The number of hydrogen-bond donors (Lipinski definition) is 1. The summed E-state index contributed by atoms with van der Waals surface area (Å²) in [6, 6.07) is 4.60. The van der Waals surface area contributed by atoms with Gasteiger partial charge < -0.3 is 0 Å². The minimum absolute atomic E-state index is 0.0537. The van der Waals surface area contributed by atoms with Gasteiger partial charge in [-0.3, -0.25) is 0 Å². The molecular formula is C12H17N3O2S. The van der Waals surface area contributed by atoms with Gasteiger partial charge in [0.25, 0.3) is 0 Å². The molecule has 98 valence electrons. The van der Waals surface area contributed by atoms with E-state index in [4.69, 9.17) is 5.26 Å². The van der Waals surface area contributed by atoms with Gasteiger partial charge in [-0.25, -0.2) is 18.1 Å². The summed E-state index contributed by atoms with van der Waals surface area (Å²) < 4.78 is 26.9. The van der Waals surface area contributed by atoms with E-state index in [1.165, 1.54) is 18.3 Å². The molecule has 0 amide bonds. The Morgan fingerprint density at radius 1 is 1.50 bits per heavy atom. The van der Waals surface area contributed by atoms with Gasteiger partial charge in [0, 0.05) is 12.2 Å². The Morgan fingerprint density at radius 3 is 2.78 bits per heavy atom. The molecule has 0 saturated carbocycles. The molecule has 0 fully saturated rings. The highest BCUT2D eigenvalue weighted by Gasteiger charge is 2.22. The van der Waals surface area contributed by atoms with Gasteiger partial charge in [0.1, 0.15) is 11.0 Å². The fourth-order valence-corrected chi connectivity index (χ4v) is 3.13. The summed E-state index contributed by atoms with van der Waals surface area (Å²) in [5.74, 6) is 0. The Balaban J connectivity index is 3.03. The van der Waals surface area contributed by atoms with Crippen molar-refractivity contribution in [2.45, 2.75) is 44.0 Å². The fraction of sp³-hybridized carbons (Fsp3) is 0.500. The highest BCUT2D eigenvalue weighted by atomic mass is 32.2. The lowest BCUT2D eigenvalue weighted by molar-refractivity contribution is 0.512. The zero-order valence-electron chi connectivity index (χ0n) is 10.5. The van der Waals surface area contributed by atoms with Gasteiger partial charge in [-0.2, -0.15) is 5.26 Å². The Labute approximate surface area is 108 Å². The first kappa shape index (κ1) is 14.6. The number of sulfonamides is 1. The minimum Gasteiger partial charge on any atom is -0.244 e. The number of pyridine rings is 1. The predicted molar refractivity (Wildman–Crippen MR) is 68.3 cm³/mol. The standard InChI is InChI=1S/C12H17N3O2S/c1-3-6-10(4-2)15-18(16,17)12-7-5-8-14-11(12)9-13/h5,7-8,10,15H,3-4,6H2,1-2H3. The van der Waals surface area contributed by atoms with E-state index in [0.29, 0.717) is 0 Å². The van der Waals surface area contributed by atoms with Gasteiger partial charge in [0.2, 0.25) is 10.0 Å². The van der Waals surface area contributed by atoms with Crippen molar-refractivity contribution in [1.29, 1.82) is 5.26 Å². The van der Waals surface area contributed by atoms with E-state index in [1.54, 1.807) is 6.07 Å². The van der Waals surface area contributed by atoms with Gasteiger partial charge >= 0.3 is 0 Å². The minimum atomic E-state index is -3.67. The molecule has 18 heavy (non-hydrogen) atoms. The highest BCUT2D eigenvalue weighted by molar-refractivity contribution is 7.89. The topological polar surface area (TPSA) is 82.8 Å². The highest BCUT2D eigenvalue weighted by Crippen LogP contribution is 2.14. The zero-order valence-corrected chi connectivity index (χ0v) is 11.4. The quantitative estimate of drug-likeness (QED) is 0.852. The Kier molecular flexibility index (Phi) is 5.25. The molecule has 1 rings (SSSR count). The summed E-state index contributed by atoms with van der Waals surface area (Å²) in [6.45, 7) is 3.93. The summed E-state index contributed by atoms with van der Waals surface area (Å²) >= 11 is 0. The van der Waals surface area contributed by atoms with E-state index in [2.05, 4.69) is 9.71 Å². The van der Waals surface area contributed by atoms with Gasteiger partial charge in [0.05, 0.1) is 0 Å². The summed E-state index contributed by atoms with van der Waals surface area (Å²) in [4.78, 5) is 3.71. The molecule has 1 aromatic heterocycles. The molecule has 1 atom stereocenters. The lowest BCUT2D eigenvalue weighted by Gasteiger charge is -2.16. The molecule has 0 aliphatic carbocycles. The molecular weight excluding hydrogens is 250 g/mol. The van der Waals surface area contributed by atoms with E-state index in [1.807, 2.05) is 13.8 Å². The van der Waals surface area contributed by atoms with Crippen LogP contribution in [0.1, 0.15) is 38.8 Å². The monoisotopic (exact) mass is 267 g/mol. The fourth-order valence-electron chi connectivity index (χ4n) is 1.67. The Bertz CT molecular complexity index is 534. The number of rotatable bonds is 6. The SMILES string of the molecule is CCCC(CC)NS(=O)(=O)c1cccnc1C#N. The molecule has 5 nitrogen and oxygen atoms in total. The van der Waals surface area contributed by atoms with E-state index >= 15 is 0 Å². The Hall–Kier alpha value is -1.45. The average molecular weight is 267 g/mol. The van der Waals surface area contributed by atoms with Crippen LogP contribution in [0.3, 0.4) is 0 Å². The maximum absolute atomic E-state index is 12.2. The average Bonchev–Trinajstić information content (AvgIpc) is 2.38. The van der Waals surface area contributed by atoms with Crippen LogP contribution in [0.15, 0.2) is 23.2 Å². The van der Waals surface area contributed by atoms with Crippen molar-refractivity contribution in [2.75, 3.05) is 0 Å². The van der Waals surface area contributed by atoms with Crippen LogP contribution in [0.4, 0.5) is 0 Å². The molecule has 0 spiro atoms. The molecule has 0 aliphatic rings. The van der Waals surface area contributed by atoms with Crippen molar-refractivity contribution in [1.82, 2.24) is 9.71 Å². The summed E-state index contributed by atoms with van der Waals surface area (Å²) in [5, 5.41) is 8.87. The van der Waals surface area contributed by atoms with Crippen LogP contribution in [0.2, 0.25) is 0 Å². The molecule has 0 aliphatic heterocycles. The normalized spacial score (nSPS) is 12.9. The third-order valence-corrected chi connectivity index (χ3v) is 4.17. The summed E-state index contributed by atoms with van der Waals surface area (Å²) in [6.07, 6.45) is 3.80. The lowest BCUT2D eigenvalue weighted by atomic mass is 10.1. The summed E-state index contributed by atoms with van der Waals surface area (Å²) in [7, 11) is -3.67. The molecule has 0 aromatic carbocycles. The molecule has 0 bridgehead atoms. The third kappa shape index (κ3) is 3.52. The van der Waals surface area contributed by atoms with Gasteiger partial charge in [0.15, 0.2) is 5.69 Å². The second-order valence-corrected chi connectivity index (χ2v) is 5.66. The molecule has 1 heterocycles. The summed E-state index contributed by atoms with van der Waals surface area (Å²) in [5.41, 5.74) is -0.0728. The first-order valence-electron chi connectivity index (χ1n) is 5.92. The van der Waals surface area contributed by atoms with Crippen LogP contribution in [0.5, 0.6) is 0 Å². The van der Waals surface area contributed by atoms with E-state index in [-0.39, 0.29) is 16.6 Å². The smallest absolute Gasteiger partial charge is 0.243 e. The molecule has 1 unspecified atom stereocenters. The van der Waals surface area contributed by atoms with Crippen LogP contribution in [-0.2, 0) is 10.0 Å². The molecule has 0 radical (unpaired) electrons. The van der Waals surface area contributed by atoms with Crippen molar-refractivity contribution in [2.24, 2.45) is 0 Å². The van der Waals surface area contributed by atoms with Crippen molar-refractivity contribution < 1.29 is 8.42 Å². The van der Waals surface area contributed by atoms with E-state index < -0.39 is 10.0 Å². The van der Waals surface area contributed by atoms with Crippen LogP contribution in [-0.4, -0.2) is 19.4 Å². The van der Waals surface area contributed by atoms with E-state index in [0.717, 1.165) is 19.3 Å². The number of nitrogens with one attached hydrogen (secondary N) is 1. The zero-order chi connectivity index (χ0) is 13.6. The molecule has 0 saturated heterocycles. The number of nitriles is 1. The van der Waals surface area contributed by atoms with Crippen molar-refractivity contribution in [3.63, 3.8) is 0 Å². The Morgan fingerprint density at radius 2 is 2.22 bits per heavy atom. The van der Waals surface area contributed by atoms with Crippen LogP contribution < -0.4 is 4.72 Å². The maximum Gasteiger partial charge on any atom is 0.243 e. The maximum atomic E-state index is 12.2. The van der Waals surface area contributed by atoms with Crippen LogP contribution >= 0.6 is 0 Å². The van der Waals surface area contributed by atoms with Gasteiger partial charge in [-0.1, -0.05) is 20.3 Å². The largest absolute Gasteiger partial charge is 0.244 e. The number of hydrogen-bond acceptors (Lipinski definition) is 4. The predicted octanol–water partition coefficient (Wildman–Crippen LogP) is 1.81. The first-order valence-corrected chi connectivity index (χ1v) is 7.40. The second-order valence-electron chi connectivity index (χ2n) is 3.98. The molecule has 6 heteroatoms. The van der Waals surface area contributed by atoms with Gasteiger partial charge in [-0.15, -0.1) is 0 Å². The third-order valence-electron chi connectivity index (χ3n) is 2.62. The lowest BCUT2D eigenvalue weighted by Crippen LogP contribution is -2.34. The van der Waals surface area contributed by atoms with Crippen molar-refractivity contribution in [3.05, 3.63) is 24.0 Å². The number of aromatic nitrogens is 1. The van der Waals surface area contributed by atoms with Crippen LogP contribution in [0, 0.1) is 11.3 Å². The van der Waals surface area contributed by atoms with Crippen molar-refractivity contribution >= 4 is 10.0 Å². The molecule has 1 N–H and O–H groups in total. The van der Waals surface area contributed by atoms with Gasteiger partial charge in [-0.05, 0) is 25.0 Å².